The molecule has 0 spiro atoms. The highest BCUT2D eigenvalue weighted by atomic mass is 16.3. The third kappa shape index (κ3) is 2.99. The topological polar surface area (TPSA) is 52.6 Å². The molecule has 0 bridgehead atoms. The average Bonchev–Trinajstić information content (AvgIpc) is 2.78. The van der Waals surface area contributed by atoms with Gasteiger partial charge in [-0.25, -0.2) is 0 Å². The van der Waals surface area contributed by atoms with Crippen molar-refractivity contribution in [3.05, 3.63) is 0 Å². The highest BCUT2D eigenvalue weighted by Gasteiger charge is 2.33. The second-order valence-electron chi connectivity index (χ2n) is 5.27. The summed E-state index contributed by atoms with van der Waals surface area (Å²) in [5, 5.41) is 12.6. The summed E-state index contributed by atoms with van der Waals surface area (Å²) >= 11 is 0. The summed E-state index contributed by atoms with van der Waals surface area (Å²) in [5.74, 6) is 0.191. The van der Waals surface area contributed by atoms with E-state index < -0.39 is 0 Å². The predicted molar refractivity (Wildman–Crippen MR) is 66.7 cm³/mol. The van der Waals surface area contributed by atoms with Crippen LogP contribution in [0.25, 0.3) is 0 Å². The minimum absolute atomic E-state index is 0.160. The Bertz CT molecular complexity index is 264. The molecular formula is C13H24N2O2. The Labute approximate surface area is 103 Å². The number of hydrogen-bond donors (Lipinski definition) is 2. The van der Waals surface area contributed by atoms with Gasteiger partial charge in [-0.3, -0.25) is 4.79 Å². The molecular weight excluding hydrogens is 216 g/mol. The number of carbonyl (C=O) groups is 1. The second-order valence-corrected chi connectivity index (χ2v) is 5.27. The molecule has 0 aromatic heterocycles. The fourth-order valence-corrected chi connectivity index (χ4v) is 3.09. The molecule has 0 aromatic rings. The first-order valence-electron chi connectivity index (χ1n) is 6.94. The average molecular weight is 240 g/mol. The van der Waals surface area contributed by atoms with Crippen LogP contribution in [0.3, 0.4) is 0 Å². The first kappa shape index (κ1) is 12.8. The molecule has 17 heavy (non-hydrogen) atoms. The zero-order valence-electron chi connectivity index (χ0n) is 10.7. The van der Waals surface area contributed by atoms with Crippen molar-refractivity contribution in [1.82, 2.24) is 10.2 Å². The predicted octanol–water partition coefficient (Wildman–Crippen LogP) is 0.890. The summed E-state index contributed by atoms with van der Waals surface area (Å²) in [6.07, 6.45) is 6.31. The smallest absolute Gasteiger partial charge is 0.240 e. The van der Waals surface area contributed by atoms with E-state index in [0.717, 1.165) is 19.4 Å². The third-order valence-electron chi connectivity index (χ3n) is 4.04. The number of aliphatic hydroxyl groups is 1. The molecule has 2 atom stereocenters. The molecule has 4 heteroatoms. The van der Waals surface area contributed by atoms with Crippen molar-refractivity contribution in [3.8, 4) is 0 Å². The Balaban J connectivity index is 1.94. The molecule has 0 radical (unpaired) electrons. The van der Waals surface area contributed by atoms with Crippen molar-refractivity contribution in [2.45, 2.75) is 63.6 Å². The summed E-state index contributed by atoms with van der Waals surface area (Å²) in [6, 6.07) is 0.271. The van der Waals surface area contributed by atoms with Gasteiger partial charge in [0.1, 0.15) is 0 Å². The van der Waals surface area contributed by atoms with Crippen molar-refractivity contribution in [2.24, 2.45) is 0 Å². The monoisotopic (exact) mass is 240 g/mol. The summed E-state index contributed by atoms with van der Waals surface area (Å²) in [4.78, 5) is 14.4. The van der Waals surface area contributed by atoms with Crippen LogP contribution in [-0.4, -0.2) is 47.2 Å². The highest BCUT2D eigenvalue weighted by molar-refractivity contribution is 5.82. The molecule has 2 unspecified atom stereocenters. The number of hydrogen-bond acceptors (Lipinski definition) is 3. The fraction of sp³-hybridized carbons (Fsp3) is 0.923. The van der Waals surface area contributed by atoms with Crippen LogP contribution in [0.15, 0.2) is 0 Å². The van der Waals surface area contributed by atoms with Crippen molar-refractivity contribution < 1.29 is 9.90 Å². The summed E-state index contributed by atoms with van der Waals surface area (Å²) in [5.41, 5.74) is 0. The molecule has 2 fully saturated rings. The number of amides is 1. The number of β-amino-alcohol motifs (C(OH)–C–C–N with tert-alkyl or cyclic N) is 1. The molecule has 1 saturated carbocycles. The van der Waals surface area contributed by atoms with E-state index in [2.05, 4.69) is 12.2 Å². The summed E-state index contributed by atoms with van der Waals surface area (Å²) < 4.78 is 0. The van der Waals surface area contributed by atoms with Crippen LogP contribution >= 0.6 is 0 Å². The maximum atomic E-state index is 12.4. The van der Waals surface area contributed by atoms with Gasteiger partial charge in [-0.2, -0.15) is 0 Å². The molecule has 2 aliphatic rings. The standard InChI is InChI=1S/C13H24N2O2/c1-2-15(10-6-4-3-5-7-10)13(17)12-8-11(16)9-14-12/h10-12,14,16H,2-9H2,1H3. The largest absolute Gasteiger partial charge is 0.392 e. The van der Waals surface area contributed by atoms with E-state index in [0.29, 0.717) is 19.0 Å². The van der Waals surface area contributed by atoms with Gasteiger partial charge in [0.15, 0.2) is 0 Å². The number of rotatable bonds is 3. The van der Waals surface area contributed by atoms with Gasteiger partial charge in [0.2, 0.25) is 5.91 Å². The number of nitrogens with zero attached hydrogens (tertiary/aromatic N) is 1. The molecule has 1 heterocycles. The lowest BCUT2D eigenvalue weighted by Gasteiger charge is -2.35. The van der Waals surface area contributed by atoms with E-state index in [1.165, 1.54) is 19.3 Å². The Morgan fingerprint density at radius 1 is 1.35 bits per heavy atom. The Hall–Kier alpha value is -0.610. The zero-order chi connectivity index (χ0) is 12.3. The van der Waals surface area contributed by atoms with Crippen molar-refractivity contribution in [1.29, 1.82) is 0 Å². The van der Waals surface area contributed by atoms with Crippen LogP contribution in [0.4, 0.5) is 0 Å². The second kappa shape index (κ2) is 5.83. The molecule has 4 nitrogen and oxygen atoms in total. The van der Waals surface area contributed by atoms with Crippen LogP contribution in [0, 0.1) is 0 Å². The van der Waals surface area contributed by atoms with E-state index in [9.17, 15) is 9.90 Å². The molecule has 1 aliphatic carbocycles. The zero-order valence-corrected chi connectivity index (χ0v) is 10.7. The molecule has 98 valence electrons. The molecule has 2 N–H and O–H groups in total. The third-order valence-corrected chi connectivity index (χ3v) is 4.04. The lowest BCUT2D eigenvalue weighted by molar-refractivity contribution is -0.136. The number of aliphatic hydroxyl groups excluding tert-OH is 1. The van der Waals surface area contributed by atoms with E-state index in [1.54, 1.807) is 0 Å². The van der Waals surface area contributed by atoms with Gasteiger partial charge in [-0.05, 0) is 26.2 Å². The van der Waals surface area contributed by atoms with Crippen LogP contribution in [0.2, 0.25) is 0 Å². The number of nitrogens with one attached hydrogen (secondary N) is 1. The van der Waals surface area contributed by atoms with Crippen LogP contribution in [0.5, 0.6) is 0 Å². The lowest BCUT2D eigenvalue weighted by Crippen LogP contribution is -2.49. The van der Waals surface area contributed by atoms with Crippen LogP contribution < -0.4 is 5.32 Å². The van der Waals surface area contributed by atoms with Gasteiger partial charge in [0.25, 0.3) is 0 Å². The van der Waals surface area contributed by atoms with Gasteiger partial charge >= 0.3 is 0 Å². The van der Waals surface area contributed by atoms with Crippen LogP contribution in [-0.2, 0) is 4.79 Å². The van der Waals surface area contributed by atoms with Gasteiger partial charge in [0.05, 0.1) is 12.1 Å². The van der Waals surface area contributed by atoms with Crippen molar-refractivity contribution >= 4 is 5.91 Å². The quantitative estimate of drug-likeness (QED) is 0.770. The highest BCUT2D eigenvalue weighted by Crippen LogP contribution is 2.24. The van der Waals surface area contributed by atoms with Gasteiger partial charge < -0.3 is 15.3 Å². The molecule has 1 saturated heterocycles. The number of carbonyl (C=O) groups excluding carboxylic acids is 1. The fourth-order valence-electron chi connectivity index (χ4n) is 3.09. The first-order chi connectivity index (χ1) is 8.22. The van der Waals surface area contributed by atoms with Crippen molar-refractivity contribution in [3.63, 3.8) is 0 Å². The SMILES string of the molecule is CCN(C(=O)C1CC(O)CN1)C1CCCCC1. The maximum Gasteiger partial charge on any atom is 0.240 e. The Morgan fingerprint density at radius 3 is 2.59 bits per heavy atom. The van der Waals surface area contributed by atoms with Crippen molar-refractivity contribution in [2.75, 3.05) is 13.1 Å². The maximum absolute atomic E-state index is 12.4. The Morgan fingerprint density at radius 2 is 2.06 bits per heavy atom. The molecule has 1 amide bonds. The minimum Gasteiger partial charge on any atom is -0.392 e. The lowest BCUT2D eigenvalue weighted by atomic mass is 9.93. The number of likely N-dealkylation sites (N-methyl/N-ethyl adjacent to an activating group) is 1. The molecule has 1 aliphatic heterocycles. The first-order valence-corrected chi connectivity index (χ1v) is 6.94. The van der Waals surface area contributed by atoms with E-state index in [-0.39, 0.29) is 18.1 Å². The minimum atomic E-state index is -0.353. The van der Waals surface area contributed by atoms with E-state index >= 15 is 0 Å². The van der Waals surface area contributed by atoms with Crippen LogP contribution in [0.1, 0.15) is 45.4 Å². The molecule has 0 aromatic carbocycles. The van der Waals surface area contributed by atoms with Gasteiger partial charge in [-0.1, -0.05) is 19.3 Å². The molecule has 2 rings (SSSR count). The summed E-state index contributed by atoms with van der Waals surface area (Å²) in [7, 11) is 0. The van der Waals surface area contributed by atoms with E-state index in [1.807, 2.05) is 4.90 Å². The summed E-state index contributed by atoms with van der Waals surface area (Å²) in [6.45, 7) is 3.40. The van der Waals surface area contributed by atoms with E-state index in [4.69, 9.17) is 0 Å². The Kier molecular flexibility index (Phi) is 4.40. The van der Waals surface area contributed by atoms with Gasteiger partial charge in [0, 0.05) is 19.1 Å². The van der Waals surface area contributed by atoms with Gasteiger partial charge in [-0.15, -0.1) is 0 Å². The normalized spacial score (nSPS) is 30.5.